The first-order valence-electron chi connectivity index (χ1n) is 10.2. The predicted octanol–water partition coefficient (Wildman–Crippen LogP) is 1.62. The van der Waals surface area contributed by atoms with Gasteiger partial charge >= 0.3 is 0 Å². The first-order chi connectivity index (χ1) is 14.3. The fraction of sp³-hybridized carbons (Fsp3) is 0.524. The maximum absolute atomic E-state index is 12.8. The van der Waals surface area contributed by atoms with E-state index in [4.69, 9.17) is 25.2 Å². The second-order valence-corrected chi connectivity index (χ2v) is 10.8. The summed E-state index contributed by atoms with van der Waals surface area (Å²) < 4.78 is 36.4. The van der Waals surface area contributed by atoms with Gasteiger partial charge in [0.1, 0.15) is 16.5 Å². The van der Waals surface area contributed by atoms with Crippen LogP contribution in [0.1, 0.15) is 31.0 Å². The summed E-state index contributed by atoms with van der Waals surface area (Å²) in [5.74, 6) is 1.67. The van der Waals surface area contributed by atoms with E-state index in [1.807, 2.05) is 24.3 Å². The molecule has 1 aromatic heterocycles. The maximum atomic E-state index is 12.8. The van der Waals surface area contributed by atoms with Crippen molar-refractivity contribution >= 4 is 15.7 Å². The van der Waals surface area contributed by atoms with Crippen LogP contribution in [0.25, 0.3) is 11.4 Å². The van der Waals surface area contributed by atoms with Crippen molar-refractivity contribution in [2.45, 2.75) is 43.2 Å². The summed E-state index contributed by atoms with van der Waals surface area (Å²) in [5.41, 5.74) is 8.05. The topological polar surface area (TPSA) is 108 Å². The number of hydrogen-bond donors (Lipinski definition) is 1. The Morgan fingerprint density at radius 1 is 1.23 bits per heavy atom. The smallest absolute Gasteiger partial charge is 0.185 e. The van der Waals surface area contributed by atoms with Gasteiger partial charge in [0.15, 0.2) is 27.2 Å². The van der Waals surface area contributed by atoms with E-state index in [1.54, 1.807) is 0 Å². The fourth-order valence-electron chi connectivity index (χ4n) is 4.61. The highest BCUT2D eigenvalue weighted by Gasteiger charge is 2.61. The summed E-state index contributed by atoms with van der Waals surface area (Å²) in [7, 11) is -3.37. The van der Waals surface area contributed by atoms with Crippen LogP contribution in [-0.2, 0) is 25.9 Å². The molecule has 1 aromatic carbocycles. The molecule has 4 heterocycles. The van der Waals surface area contributed by atoms with E-state index >= 15 is 0 Å². The number of hydrogen-bond acceptors (Lipinski definition) is 8. The molecule has 1 saturated heterocycles. The summed E-state index contributed by atoms with van der Waals surface area (Å²) in [5, 5.41) is 0. The number of nitrogens with zero attached hydrogens (tertiary/aromatic N) is 3. The monoisotopic (exact) mass is 430 g/mol. The molecule has 0 unspecified atom stereocenters. The standard InChI is InChI=1S/C21H26N4O4S/c1-13-12-28-8-7-25(13)20-17-18(21(30(2,26)27)9-16(10-21)29-17)23-19(24-20)15-5-3-14(11-22)4-6-15/h3-6,13,16H,7-12,22H2,1-2H3/t13-,16?,21?/m1/s1. The molecule has 0 amide bonds. The van der Waals surface area contributed by atoms with Gasteiger partial charge in [-0.2, -0.15) is 0 Å². The van der Waals surface area contributed by atoms with E-state index in [-0.39, 0.29) is 12.1 Å². The lowest BCUT2D eigenvalue weighted by Gasteiger charge is -2.51. The first-order valence-corrected chi connectivity index (χ1v) is 12.1. The summed E-state index contributed by atoms with van der Waals surface area (Å²) >= 11 is 0. The number of sulfone groups is 1. The highest BCUT2D eigenvalue weighted by molar-refractivity contribution is 7.91. The molecular formula is C21H26N4O4S. The van der Waals surface area contributed by atoms with E-state index in [2.05, 4.69) is 11.8 Å². The predicted molar refractivity (Wildman–Crippen MR) is 113 cm³/mol. The van der Waals surface area contributed by atoms with Crippen molar-refractivity contribution in [3.8, 4) is 17.1 Å². The first kappa shape index (κ1) is 19.7. The highest BCUT2D eigenvalue weighted by Crippen LogP contribution is 2.57. The number of rotatable bonds is 4. The molecule has 8 nitrogen and oxygen atoms in total. The summed E-state index contributed by atoms with van der Waals surface area (Å²) in [4.78, 5) is 11.8. The van der Waals surface area contributed by atoms with Crippen molar-refractivity contribution in [1.82, 2.24) is 9.97 Å². The third-order valence-electron chi connectivity index (χ3n) is 6.48. The van der Waals surface area contributed by atoms with E-state index < -0.39 is 14.6 Å². The molecule has 1 saturated carbocycles. The lowest BCUT2D eigenvalue weighted by Crippen LogP contribution is -2.57. The van der Waals surface area contributed by atoms with E-state index in [0.29, 0.717) is 62.2 Å². The van der Waals surface area contributed by atoms with Crippen molar-refractivity contribution < 1.29 is 17.9 Å². The van der Waals surface area contributed by atoms with Crippen molar-refractivity contribution in [3.63, 3.8) is 0 Å². The second-order valence-electron chi connectivity index (χ2n) is 8.48. The number of anilines is 1. The molecule has 3 aliphatic heterocycles. The van der Waals surface area contributed by atoms with E-state index in [0.717, 1.165) is 11.1 Å². The van der Waals surface area contributed by atoms with Crippen LogP contribution < -0.4 is 15.4 Å². The van der Waals surface area contributed by atoms with Crippen molar-refractivity contribution in [2.24, 2.45) is 5.73 Å². The SMILES string of the molecule is C[C@@H]1COCCN1c1nc(-c2ccc(CN)cc2)nc2c1OC1CC2(S(C)(=O)=O)C1. The number of benzene rings is 1. The van der Waals surface area contributed by atoms with Gasteiger partial charge < -0.3 is 20.1 Å². The summed E-state index contributed by atoms with van der Waals surface area (Å²) in [6, 6.07) is 7.84. The molecule has 0 radical (unpaired) electrons. The number of nitrogens with two attached hydrogens (primary N) is 1. The lowest BCUT2D eigenvalue weighted by molar-refractivity contribution is 0.0435. The Kier molecular flexibility index (Phi) is 4.53. The average Bonchev–Trinajstić information content (AvgIpc) is 2.71. The molecule has 2 bridgehead atoms. The highest BCUT2D eigenvalue weighted by atomic mass is 32.2. The van der Waals surface area contributed by atoms with Crippen molar-refractivity contribution in [1.29, 1.82) is 0 Å². The Morgan fingerprint density at radius 2 is 1.97 bits per heavy atom. The van der Waals surface area contributed by atoms with Crippen LogP contribution >= 0.6 is 0 Å². The zero-order valence-corrected chi connectivity index (χ0v) is 18.0. The fourth-order valence-corrected chi connectivity index (χ4v) is 6.08. The van der Waals surface area contributed by atoms with Gasteiger partial charge in [-0.05, 0) is 12.5 Å². The van der Waals surface area contributed by atoms with Crippen LogP contribution in [-0.4, -0.2) is 56.5 Å². The van der Waals surface area contributed by atoms with Gasteiger partial charge in [0, 0.05) is 37.8 Å². The number of ether oxygens (including phenoxy) is 2. The van der Waals surface area contributed by atoms with Crippen LogP contribution in [0.4, 0.5) is 5.82 Å². The normalized spacial score (nSPS) is 27.8. The maximum Gasteiger partial charge on any atom is 0.185 e. The van der Waals surface area contributed by atoms with Gasteiger partial charge in [-0.1, -0.05) is 24.3 Å². The van der Waals surface area contributed by atoms with Crippen LogP contribution in [0.2, 0.25) is 0 Å². The van der Waals surface area contributed by atoms with Gasteiger partial charge in [0.2, 0.25) is 0 Å². The second kappa shape index (κ2) is 6.90. The Labute approximate surface area is 176 Å². The Balaban J connectivity index is 1.71. The molecule has 4 aliphatic rings. The quantitative estimate of drug-likeness (QED) is 0.780. The molecule has 2 N–H and O–H groups in total. The van der Waals surface area contributed by atoms with Crippen LogP contribution in [0.3, 0.4) is 0 Å². The van der Waals surface area contributed by atoms with Crippen LogP contribution in [0.15, 0.2) is 24.3 Å². The Bertz CT molecular complexity index is 1080. The molecule has 1 aliphatic carbocycles. The lowest BCUT2D eigenvalue weighted by atomic mass is 9.76. The van der Waals surface area contributed by atoms with E-state index in [1.165, 1.54) is 6.26 Å². The van der Waals surface area contributed by atoms with Crippen LogP contribution in [0, 0.1) is 0 Å². The molecule has 6 rings (SSSR count). The average molecular weight is 431 g/mol. The Morgan fingerprint density at radius 3 is 2.60 bits per heavy atom. The number of aromatic nitrogens is 2. The molecule has 1 atom stereocenters. The zero-order chi connectivity index (χ0) is 21.1. The van der Waals surface area contributed by atoms with E-state index in [9.17, 15) is 8.42 Å². The largest absolute Gasteiger partial charge is 0.484 e. The zero-order valence-electron chi connectivity index (χ0n) is 17.2. The summed E-state index contributed by atoms with van der Waals surface area (Å²) in [6.45, 7) is 4.36. The van der Waals surface area contributed by atoms with Gasteiger partial charge in [0.25, 0.3) is 0 Å². The molecular weight excluding hydrogens is 404 g/mol. The molecule has 0 spiro atoms. The molecule has 2 aromatic rings. The van der Waals surface area contributed by atoms with Gasteiger partial charge in [-0.3, -0.25) is 0 Å². The van der Waals surface area contributed by atoms with Gasteiger partial charge in [-0.15, -0.1) is 0 Å². The van der Waals surface area contributed by atoms with Gasteiger partial charge in [0.05, 0.1) is 19.3 Å². The molecule has 30 heavy (non-hydrogen) atoms. The molecule has 9 heteroatoms. The van der Waals surface area contributed by atoms with Gasteiger partial charge in [-0.25, -0.2) is 18.4 Å². The van der Waals surface area contributed by atoms with Crippen molar-refractivity contribution in [2.75, 3.05) is 30.9 Å². The summed E-state index contributed by atoms with van der Waals surface area (Å²) in [6.07, 6.45) is 2.08. The third kappa shape index (κ3) is 2.91. The minimum absolute atomic E-state index is 0.0984. The number of morpholine rings is 1. The molecule has 160 valence electrons. The van der Waals surface area contributed by atoms with Crippen molar-refractivity contribution in [3.05, 3.63) is 35.5 Å². The molecule has 2 fully saturated rings. The minimum atomic E-state index is -3.37. The third-order valence-corrected chi connectivity index (χ3v) is 8.42. The minimum Gasteiger partial charge on any atom is -0.484 e. The Hall–Kier alpha value is -2.23. The van der Waals surface area contributed by atoms with Crippen LogP contribution in [0.5, 0.6) is 5.75 Å².